The van der Waals surface area contributed by atoms with Gasteiger partial charge in [-0.15, -0.1) is 0 Å². The van der Waals surface area contributed by atoms with Gasteiger partial charge < -0.3 is 0 Å². The van der Waals surface area contributed by atoms with E-state index in [1.54, 1.807) is 0 Å². The molecule has 0 aliphatic rings. The number of benzene rings is 1. The Morgan fingerprint density at radius 2 is 2.08 bits per heavy atom. The maximum absolute atomic E-state index is 12.9. The fraction of sp³-hybridized carbons (Fsp3) is 0.250. The Kier molecular flexibility index (Phi) is 3.75. The second kappa shape index (κ2) is 4.86. The van der Waals surface area contributed by atoms with Crippen LogP contribution in [0.3, 0.4) is 0 Å². The molecule has 3 nitrogen and oxygen atoms in total. The van der Waals surface area contributed by atoms with Gasteiger partial charge in [0.2, 0.25) is 0 Å². The third kappa shape index (κ3) is 3.06. The van der Waals surface area contributed by atoms with Crippen LogP contribution in [0.25, 0.3) is 0 Å². The highest BCUT2D eigenvalue weighted by molar-refractivity contribution is 5.18. The fourth-order valence-corrected chi connectivity index (χ4v) is 0.934. The average Bonchev–Trinajstić information content (AvgIpc) is 2.09. The second-order valence-electron chi connectivity index (χ2n) is 2.54. The maximum atomic E-state index is 12.9. The summed E-state index contributed by atoms with van der Waals surface area (Å²) in [5.74, 6) is 3.87. The molecule has 0 aliphatic carbocycles. The van der Waals surface area contributed by atoms with Crippen molar-refractivity contribution in [1.29, 1.82) is 0 Å². The van der Waals surface area contributed by atoms with E-state index in [0.29, 0.717) is 18.8 Å². The van der Waals surface area contributed by atoms with Crippen LogP contribution in [0.1, 0.15) is 5.56 Å². The van der Waals surface area contributed by atoms with Crippen LogP contribution in [0.4, 0.5) is 8.78 Å². The van der Waals surface area contributed by atoms with Crippen molar-refractivity contribution in [3.05, 3.63) is 35.4 Å². The number of nitrogens with two attached hydrogens (primary N) is 1. The molecule has 0 saturated carbocycles. The molecule has 0 amide bonds. The van der Waals surface area contributed by atoms with Gasteiger partial charge in [0, 0.05) is 18.2 Å². The van der Waals surface area contributed by atoms with E-state index >= 15 is 0 Å². The molecule has 1 aromatic rings. The summed E-state index contributed by atoms with van der Waals surface area (Å²) in [5.41, 5.74) is 2.77. The molecule has 5 heteroatoms. The van der Waals surface area contributed by atoms with Gasteiger partial charge in [-0.05, 0) is 6.07 Å². The van der Waals surface area contributed by atoms with Gasteiger partial charge in [-0.1, -0.05) is 6.07 Å². The minimum atomic E-state index is -0.571. The van der Waals surface area contributed by atoms with Crippen LogP contribution in [-0.4, -0.2) is 6.67 Å². The molecule has 0 aliphatic heterocycles. The molecule has 0 bridgehead atoms. The van der Waals surface area contributed by atoms with Crippen LogP contribution in [-0.2, 0) is 6.54 Å². The minimum absolute atomic E-state index is 0.316. The zero-order valence-electron chi connectivity index (χ0n) is 6.98. The summed E-state index contributed by atoms with van der Waals surface area (Å²) in [5, 5.41) is 2.81. The summed E-state index contributed by atoms with van der Waals surface area (Å²) in [6.07, 6.45) is 0. The highest BCUT2D eigenvalue weighted by atomic mass is 19.1. The van der Waals surface area contributed by atoms with Gasteiger partial charge in [-0.25, -0.2) is 14.2 Å². The summed E-state index contributed by atoms with van der Waals surface area (Å²) in [4.78, 5) is 0. The molecule has 0 unspecified atom stereocenters. The number of halogens is 2. The summed E-state index contributed by atoms with van der Waals surface area (Å²) < 4.78 is 25.4. The molecule has 13 heavy (non-hydrogen) atoms. The zero-order valence-corrected chi connectivity index (χ0v) is 6.98. The summed E-state index contributed by atoms with van der Waals surface area (Å²) in [6, 6.07) is 3.47. The largest absolute Gasteiger partial charge is 0.299 e. The lowest BCUT2D eigenvalue weighted by Gasteiger charge is -2.04. The van der Waals surface area contributed by atoms with E-state index in [-0.39, 0.29) is 0 Å². The Labute approximate surface area is 74.9 Å². The van der Waals surface area contributed by atoms with E-state index in [1.165, 1.54) is 12.1 Å². The van der Waals surface area contributed by atoms with Crippen molar-refractivity contribution in [3.8, 4) is 0 Å². The van der Waals surface area contributed by atoms with E-state index in [4.69, 9.17) is 5.84 Å². The van der Waals surface area contributed by atoms with Crippen molar-refractivity contribution in [2.24, 2.45) is 5.84 Å². The molecule has 0 heterocycles. The molecule has 0 fully saturated rings. The van der Waals surface area contributed by atoms with Crippen LogP contribution in [0.15, 0.2) is 18.2 Å². The first-order valence-corrected chi connectivity index (χ1v) is 3.82. The van der Waals surface area contributed by atoms with Gasteiger partial charge >= 0.3 is 0 Å². The fourth-order valence-electron chi connectivity index (χ4n) is 0.934. The van der Waals surface area contributed by atoms with Crippen LogP contribution in [0, 0.1) is 11.6 Å². The number of hydrazine groups is 1. The lowest BCUT2D eigenvalue weighted by Crippen LogP contribution is -2.33. The van der Waals surface area contributed by atoms with E-state index in [2.05, 4.69) is 10.7 Å². The number of rotatable bonds is 4. The smallest absolute Gasteiger partial charge is 0.130 e. The van der Waals surface area contributed by atoms with Gasteiger partial charge in [-0.3, -0.25) is 11.2 Å². The number of hydrogen-bond donors (Lipinski definition) is 3. The first-order chi connectivity index (χ1) is 6.24. The molecule has 1 aromatic carbocycles. The Balaban J connectivity index is 2.56. The highest BCUT2D eigenvalue weighted by Crippen LogP contribution is 2.08. The van der Waals surface area contributed by atoms with Crippen LogP contribution < -0.4 is 16.6 Å². The zero-order chi connectivity index (χ0) is 9.68. The van der Waals surface area contributed by atoms with Crippen molar-refractivity contribution >= 4 is 0 Å². The molecule has 0 spiro atoms. The summed E-state index contributed by atoms with van der Waals surface area (Å²) in [6.45, 7) is 0.688. The van der Waals surface area contributed by atoms with Gasteiger partial charge in [0.25, 0.3) is 0 Å². The van der Waals surface area contributed by atoms with Crippen molar-refractivity contribution in [2.45, 2.75) is 6.54 Å². The van der Waals surface area contributed by atoms with Crippen molar-refractivity contribution in [3.63, 3.8) is 0 Å². The predicted molar refractivity (Wildman–Crippen MR) is 45.4 cm³/mol. The van der Waals surface area contributed by atoms with E-state index in [1.807, 2.05) is 0 Å². The van der Waals surface area contributed by atoms with Gasteiger partial charge in [-0.2, -0.15) is 0 Å². The number of nitrogens with one attached hydrogen (secondary N) is 2. The predicted octanol–water partition coefficient (Wildman–Crippen LogP) is 0.475. The lowest BCUT2D eigenvalue weighted by atomic mass is 10.2. The van der Waals surface area contributed by atoms with E-state index in [0.717, 1.165) is 6.07 Å². The molecule has 0 aromatic heterocycles. The Bertz CT molecular complexity index is 278. The highest BCUT2D eigenvalue weighted by Gasteiger charge is 2.01. The van der Waals surface area contributed by atoms with Crippen molar-refractivity contribution in [2.75, 3.05) is 6.67 Å². The molecule has 1 rings (SSSR count). The molecular formula is C8H11F2N3. The molecule has 0 radical (unpaired) electrons. The molecular weight excluding hydrogens is 176 g/mol. The Morgan fingerprint density at radius 3 is 2.69 bits per heavy atom. The Hall–Kier alpha value is -1.04. The maximum Gasteiger partial charge on any atom is 0.130 e. The normalized spacial score (nSPS) is 10.4. The van der Waals surface area contributed by atoms with Crippen LogP contribution in [0.2, 0.25) is 0 Å². The van der Waals surface area contributed by atoms with Gasteiger partial charge in [0.1, 0.15) is 11.6 Å². The molecule has 0 saturated heterocycles. The average molecular weight is 187 g/mol. The van der Waals surface area contributed by atoms with E-state index < -0.39 is 11.6 Å². The van der Waals surface area contributed by atoms with Gasteiger partial charge in [0.05, 0.1) is 6.67 Å². The van der Waals surface area contributed by atoms with Crippen LogP contribution in [0.5, 0.6) is 0 Å². The lowest BCUT2D eigenvalue weighted by molar-refractivity contribution is 0.548. The molecule has 4 N–H and O–H groups in total. The quantitative estimate of drug-likeness (QED) is 0.278. The first-order valence-electron chi connectivity index (χ1n) is 3.82. The third-order valence-electron chi connectivity index (χ3n) is 1.56. The SMILES string of the molecule is NNCNCc1ccc(F)cc1F. The summed E-state index contributed by atoms with van der Waals surface area (Å²) >= 11 is 0. The monoisotopic (exact) mass is 187 g/mol. The minimum Gasteiger partial charge on any atom is -0.299 e. The van der Waals surface area contributed by atoms with Crippen molar-refractivity contribution < 1.29 is 8.78 Å². The van der Waals surface area contributed by atoms with Crippen molar-refractivity contribution in [1.82, 2.24) is 10.7 Å². The first kappa shape index (κ1) is 10.0. The number of hydrogen-bond acceptors (Lipinski definition) is 3. The molecule has 0 atom stereocenters. The standard InChI is InChI=1S/C8H11F2N3/c9-7-2-1-6(8(10)3-7)4-12-5-13-11/h1-3,12-13H,4-5,11H2. The second-order valence-corrected chi connectivity index (χ2v) is 2.54. The Morgan fingerprint density at radius 1 is 1.31 bits per heavy atom. The summed E-state index contributed by atoms with van der Waals surface area (Å²) in [7, 11) is 0. The van der Waals surface area contributed by atoms with Crippen LogP contribution >= 0.6 is 0 Å². The van der Waals surface area contributed by atoms with E-state index in [9.17, 15) is 8.78 Å². The van der Waals surface area contributed by atoms with Gasteiger partial charge in [0.15, 0.2) is 0 Å². The topological polar surface area (TPSA) is 50.1 Å². The molecule has 72 valence electrons. The third-order valence-corrected chi connectivity index (χ3v) is 1.56.